The Bertz CT molecular complexity index is 291. The molecule has 0 radical (unpaired) electrons. The minimum absolute atomic E-state index is 0.0456. The molecule has 1 aromatic rings. The average Bonchev–Trinajstić information content (AvgIpc) is 2.09. The smallest absolute Gasteiger partial charge is 0.0454 e. The van der Waals surface area contributed by atoms with Crippen LogP contribution in [0.2, 0.25) is 10.0 Å². The second kappa shape index (κ2) is 4.82. The molecule has 0 unspecified atom stereocenters. The first-order valence-electron chi connectivity index (χ1n) is 3.96. The van der Waals surface area contributed by atoms with Crippen molar-refractivity contribution >= 4 is 23.2 Å². The lowest BCUT2D eigenvalue weighted by Gasteiger charge is -2.12. The van der Waals surface area contributed by atoms with Gasteiger partial charge in [-0.05, 0) is 30.2 Å². The maximum atomic E-state index is 8.70. The highest BCUT2D eigenvalue weighted by Gasteiger charge is 2.09. The van der Waals surface area contributed by atoms with Crippen molar-refractivity contribution in [1.82, 2.24) is 0 Å². The van der Waals surface area contributed by atoms with Gasteiger partial charge in [-0.2, -0.15) is 0 Å². The Morgan fingerprint density at radius 3 is 2.69 bits per heavy atom. The molecule has 1 aromatic carbocycles. The Morgan fingerprint density at radius 2 is 2.08 bits per heavy atom. The number of benzene rings is 1. The van der Waals surface area contributed by atoms with Gasteiger partial charge >= 0.3 is 0 Å². The highest BCUT2D eigenvalue weighted by molar-refractivity contribution is 6.33. The lowest BCUT2D eigenvalue weighted by atomic mass is 10.1. The predicted molar refractivity (Wildman–Crippen MR) is 55.1 cm³/mol. The molecule has 1 rings (SSSR count). The van der Waals surface area contributed by atoms with Crippen LogP contribution < -0.4 is 5.73 Å². The zero-order valence-corrected chi connectivity index (χ0v) is 8.52. The normalized spacial score (nSPS) is 12.9. The van der Waals surface area contributed by atoms with E-state index in [1.54, 1.807) is 18.2 Å². The zero-order valence-electron chi connectivity index (χ0n) is 7.00. The Hall–Kier alpha value is -0.280. The van der Waals surface area contributed by atoms with Gasteiger partial charge in [0.2, 0.25) is 0 Å². The molecule has 0 fully saturated rings. The second-order valence-electron chi connectivity index (χ2n) is 2.78. The quantitative estimate of drug-likeness (QED) is 0.821. The Morgan fingerprint density at radius 1 is 1.38 bits per heavy atom. The molecule has 0 amide bonds. The number of hydrogen-bond acceptors (Lipinski definition) is 2. The third-order valence-corrected chi connectivity index (χ3v) is 2.38. The summed E-state index contributed by atoms with van der Waals surface area (Å²) >= 11 is 11.7. The fraction of sp³-hybridized carbons (Fsp3) is 0.333. The van der Waals surface area contributed by atoms with Gasteiger partial charge in [0.15, 0.2) is 0 Å². The maximum absolute atomic E-state index is 8.70. The summed E-state index contributed by atoms with van der Waals surface area (Å²) in [7, 11) is 0. The second-order valence-corrected chi connectivity index (χ2v) is 3.63. The molecule has 4 heteroatoms. The minimum atomic E-state index is -0.254. The Labute approximate surface area is 87.3 Å². The highest BCUT2D eigenvalue weighted by atomic mass is 35.5. The van der Waals surface area contributed by atoms with Crippen LogP contribution >= 0.6 is 23.2 Å². The third kappa shape index (κ3) is 2.85. The van der Waals surface area contributed by atoms with Crippen LogP contribution in [0.15, 0.2) is 18.2 Å². The van der Waals surface area contributed by atoms with E-state index in [-0.39, 0.29) is 12.6 Å². The van der Waals surface area contributed by atoms with Crippen molar-refractivity contribution in [2.45, 2.75) is 12.5 Å². The van der Waals surface area contributed by atoms with Gasteiger partial charge in [-0.1, -0.05) is 23.2 Å². The Balaban J connectivity index is 2.91. The minimum Gasteiger partial charge on any atom is -0.396 e. The average molecular weight is 220 g/mol. The first kappa shape index (κ1) is 10.8. The summed E-state index contributed by atoms with van der Waals surface area (Å²) in [5.41, 5.74) is 6.55. The number of hydrogen-bond donors (Lipinski definition) is 2. The molecule has 0 aliphatic carbocycles. The SMILES string of the molecule is N[C@H](CCO)c1cc(Cl)ccc1Cl. The summed E-state index contributed by atoms with van der Waals surface area (Å²) < 4.78 is 0. The molecule has 0 aliphatic rings. The standard InChI is InChI=1S/C9H11Cl2NO/c10-6-1-2-8(11)7(5-6)9(12)3-4-13/h1-2,5,9,13H,3-4,12H2/t9-/m1/s1. The predicted octanol–water partition coefficient (Wildman–Crippen LogP) is 2.38. The van der Waals surface area contributed by atoms with Crippen molar-refractivity contribution in [1.29, 1.82) is 0 Å². The van der Waals surface area contributed by atoms with Crippen molar-refractivity contribution in [3.8, 4) is 0 Å². The zero-order chi connectivity index (χ0) is 9.84. The number of rotatable bonds is 3. The molecule has 2 nitrogen and oxygen atoms in total. The summed E-state index contributed by atoms with van der Waals surface area (Å²) in [6.45, 7) is 0.0456. The summed E-state index contributed by atoms with van der Waals surface area (Å²) in [6.07, 6.45) is 0.486. The lowest BCUT2D eigenvalue weighted by molar-refractivity contribution is 0.276. The number of aliphatic hydroxyl groups excluding tert-OH is 1. The van der Waals surface area contributed by atoms with E-state index in [0.29, 0.717) is 16.5 Å². The number of halogens is 2. The number of aliphatic hydroxyl groups is 1. The summed E-state index contributed by atoms with van der Waals surface area (Å²) in [6, 6.07) is 4.89. The fourth-order valence-corrected chi connectivity index (χ4v) is 1.53. The Kier molecular flexibility index (Phi) is 4.00. The first-order valence-corrected chi connectivity index (χ1v) is 4.72. The summed E-state index contributed by atoms with van der Waals surface area (Å²) in [4.78, 5) is 0. The van der Waals surface area contributed by atoms with Gasteiger partial charge in [-0.25, -0.2) is 0 Å². The van der Waals surface area contributed by atoms with E-state index >= 15 is 0 Å². The lowest BCUT2D eigenvalue weighted by Crippen LogP contribution is -2.12. The van der Waals surface area contributed by atoms with Crippen LogP contribution in [0, 0.1) is 0 Å². The van der Waals surface area contributed by atoms with Crippen LogP contribution in [0.5, 0.6) is 0 Å². The number of nitrogens with two attached hydrogens (primary N) is 1. The highest BCUT2D eigenvalue weighted by Crippen LogP contribution is 2.26. The molecular formula is C9H11Cl2NO. The van der Waals surface area contributed by atoms with Crippen molar-refractivity contribution in [2.75, 3.05) is 6.61 Å². The van der Waals surface area contributed by atoms with Crippen LogP contribution in [0.1, 0.15) is 18.0 Å². The van der Waals surface area contributed by atoms with Crippen LogP contribution in [-0.2, 0) is 0 Å². The van der Waals surface area contributed by atoms with Crippen LogP contribution in [0.25, 0.3) is 0 Å². The monoisotopic (exact) mass is 219 g/mol. The van der Waals surface area contributed by atoms with Crippen LogP contribution in [-0.4, -0.2) is 11.7 Å². The molecule has 3 N–H and O–H groups in total. The van der Waals surface area contributed by atoms with Gasteiger partial charge < -0.3 is 10.8 Å². The van der Waals surface area contributed by atoms with E-state index < -0.39 is 0 Å². The van der Waals surface area contributed by atoms with Crippen molar-refractivity contribution in [3.05, 3.63) is 33.8 Å². The molecule has 0 aromatic heterocycles. The molecule has 0 saturated carbocycles. The largest absolute Gasteiger partial charge is 0.396 e. The summed E-state index contributed by atoms with van der Waals surface area (Å²) in [5, 5.41) is 9.89. The van der Waals surface area contributed by atoms with Gasteiger partial charge in [0.25, 0.3) is 0 Å². The van der Waals surface area contributed by atoms with Crippen molar-refractivity contribution in [3.63, 3.8) is 0 Å². The molecule has 0 bridgehead atoms. The van der Waals surface area contributed by atoms with Gasteiger partial charge in [0.05, 0.1) is 0 Å². The van der Waals surface area contributed by atoms with E-state index in [1.165, 1.54) is 0 Å². The van der Waals surface area contributed by atoms with Crippen molar-refractivity contribution < 1.29 is 5.11 Å². The molecule has 0 aliphatic heterocycles. The van der Waals surface area contributed by atoms with E-state index in [0.717, 1.165) is 5.56 Å². The third-order valence-electron chi connectivity index (χ3n) is 1.80. The molecule has 0 spiro atoms. The van der Waals surface area contributed by atoms with Crippen LogP contribution in [0.4, 0.5) is 0 Å². The van der Waals surface area contributed by atoms with E-state index in [1.807, 2.05) is 0 Å². The van der Waals surface area contributed by atoms with Gasteiger partial charge in [0, 0.05) is 22.7 Å². The molecule has 13 heavy (non-hydrogen) atoms. The summed E-state index contributed by atoms with van der Waals surface area (Å²) in [5.74, 6) is 0. The van der Waals surface area contributed by atoms with E-state index in [9.17, 15) is 0 Å². The molecule has 0 saturated heterocycles. The van der Waals surface area contributed by atoms with E-state index in [4.69, 9.17) is 34.0 Å². The molecule has 72 valence electrons. The van der Waals surface area contributed by atoms with Crippen LogP contribution in [0.3, 0.4) is 0 Å². The first-order chi connectivity index (χ1) is 6.15. The molecule has 1 atom stereocenters. The van der Waals surface area contributed by atoms with Gasteiger partial charge in [-0.15, -0.1) is 0 Å². The van der Waals surface area contributed by atoms with E-state index in [2.05, 4.69) is 0 Å². The fourth-order valence-electron chi connectivity index (χ4n) is 1.09. The van der Waals surface area contributed by atoms with Gasteiger partial charge in [0.1, 0.15) is 0 Å². The maximum Gasteiger partial charge on any atom is 0.0454 e. The molecule has 0 heterocycles. The van der Waals surface area contributed by atoms with Gasteiger partial charge in [-0.3, -0.25) is 0 Å². The topological polar surface area (TPSA) is 46.2 Å². The van der Waals surface area contributed by atoms with Crippen molar-refractivity contribution in [2.24, 2.45) is 5.73 Å². The molecular weight excluding hydrogens is 209 g/mol.